The van der Waals surface area contributed by atoms with Crippen LogP contribution in [0.5, 0.6) is 0 Å². The Morgan fingerprint density at radius 1 is 1.26 bits per heavy atom. The van der Waals surface area contributed by atoms with Gasteiger partial charge in [-0.25, -0.2) is 4.39 Å². The molecule has 0 aliphatic rings. The number of halogens is 2. The van der Waals surface area contributed by atoms with E-state index in [1.807, 2.05) is 12.1 Å². The number of hydrogen-bond acceptors (Lipinski definition) is 2. The Hall–Kier alpha value is -1.51. The molecule has 0 saturated carbocycles. The molecule has 0 amide bonds. The normalized spacial score (nSPS) is 11.8. The van der Waals surface area contributed by atoms with Crippen LogP contribution in [0.2, 0.25) is 0 Å². The Morgan fingerprint density at radius 2 is 2.00 bits per heavy atom. The van der Waals surface area contributed by atoms with Crippen molar-refractivity contribution in [3.8, 4) is 6.07 Å². The molecule has 0 aromatic heterocycles. The average molecular weight is 338 g/mol. The lowest BCUT2D eigenvalue weighted by Gasteiger charge is -2.06. The summed E-state index contributed by atoms with van der Waals surface area (Å²) in [6.45, 7) is 0. The SMILES string of the molecule is N#Cc1ccc(CS(=O)c2ccccc2Br)c(F)c1. The first-order chi connectivity index (χ1) is 9.11. The van der Waals surface area contributed by atoms with Gasteiger partial charge in [0.2, 0.25) is 0 Å². The van der Waals surface area contributed by atoms with E-state index in [0.717, 1.165) is 10.5 Å². The maximum Gasteiger partial charge on any atom is 0.128 e. The largest absolute Gasteiger partial charge is 0.254 e. The van der Waals surface area contributed by atoms with E-state index in [-0.39, 0.29) is 11.3 Å². The number of hydrogen-bond donors (Lipinski definition) is 0. The third-order valence-corrected chi connectivity index (χ3v) is 4.92. The van der Waals surface area contributed by atoms with Crippen LogP contribution in [0.1, 0.15) is 11.1 Å². The second kappa shape index (κ2) is 6.09. The monoisotopic (exact) mass is 337 g/mol. The molecule has 0 aliphatic carbocycles. The van der Waals surface area contributed by atoms with Crippen LogP contribution in [-0.4, -0.2) is 4.21 Å². The molecule has 0 aliphatic heterocycles. The lowest BCUT2D eigenvalue weighted by Crippen LogP contribution is -2.00. The molecular weight excluding hydrogens is 329 g/mol. The quantitative estimate of drug-likeness (QED) is 0.855. The minimum absolute atomic E-state index is 0.0835. The first kappa shape index (κ1) is 13.9. The van der Waals surface area contributed by atoms with Gasteiger partial charge in [-0.05, 0) is 40.2 Å². The fraction of sp³-hybridized carbons (Fsp3) is 0.0714. The highest BCUT2D eigenvalue weighted by atomic mass is 79.9. The lowest BCUT2D eigenvalue weighted by atomic mass is 10.1. The maximum atomic E-state index is 13.7. The van der Waals surface area contributed by atoms with Crippen molar-refractivity contribution in [2.24, 2.45) is 0 Å². The zero-order chi connectivity index (χ0) is 13.8. The van der Waals surface area contributed by atoms with E-state index in [2.05, 4.69) is 15.9 Å². The van der Waals surface area contributed by atoms with Crippen molar-refractivity contribution in [1.82, 2.24) is 0 Å². The summed E-state index contributed by atoms with van der Waals surface area (Å²) in [5, 5.41) is 8.67. The Morgan fingerprint density at radius 3 is 2.63 bits per heavy atom. The Kier molecular flexibility index (Phi) is 4.46. The minimum Gasteiger partial charge on any atom is -0.254 e. The van der Waals surface area contributed by atoms with Crippen molar-refractivity contribution in [2.75, 3.05) is 0 Å². The molecule has 2 rings (SSSR count). The summed E-state index contributed by atoms with van der Waals surface area (Å²) >= 11 is 3.32. The standard InChI is InChI=1S/C14H9BrFNOS/c15-12-3-1-2-4-14(12)19(18)9-11-6-5-10(8-17)7-13(11)16/h1-7H,9H2. The van der Waals surface area contributed by atoms with Gasteiger partial charge in [-0.2, -0.15) is 5.26 Å². The summed E-state index contributed by atoms with van der Waals surface area (Å²) in [5.74, 6) is -0.417. The van der Waals surface area contributed by atoms with Crippen LogP contribution >= 0.6 is 15.9 Å². The Labute approximate surface area is 121 Å². The van der Waals surface area contributed by atoms with Gasteiger partial charge in [0, 0.05) is 10.0 Å². The molecule has 0 N–H and O–H groups in total. The number of nitrogens with zero attached hydrogens (tertiary/aromatic N) is 1. The molecule has 1 unspecified atom stereocenters. The Balaban J connectivity index is 2.25. The predicted molar refractivity (Wildman–Crippen MR) is 75.4 cm³/mol. The topological polar surface area (TPSA) is 40.9 Å². The molecule has 19 heavy (non-hydrogen) atoms. The van der Waals surface area contributed by atoms with Crippen molar-refractivity contribution < 1.29 is 8.60 Å². The highest BCUT2D eigenvalue weighted by Crippen LogP contribution is 2.23. The third kappa shape index (κ3) is 3.28. The van der Waals surface area contributed by atoms with Crippen LogP contribution in [0, 0.1) is 17.1 Å². The summed E-state index contributed by atoms with van der Waals surface area (Å²) in [7, 11) is -1.33. The van der Waals surface area contributed by atoms with Gasteiger partial charge >= 0.3 is 0 Å². The van der Waals surface area contributed by atoms with Gasteiger partial charge in [0.25, 0.3) is 0 Å². The van der Waals surface area contributed by atoms with Crippen LogP contribution in [-0.2, 0) is 16.6 Å². The zero-order valence-electron chi connectivity index (χ0n) is 9.77. The number of benzene rings is 2. The van der Waals surface area contributed by atoms with Gasteiger partial charge < -0.3 is 0 Å². The molecule has 2 aromatic carbocycles. The highest BCUT2D eigenvalue weighted by Gasteiger charge is 2.12. The lowest BCUT2D eigenvalue weighted by molar-refractivity contribution is 0.614. The van der Waals surface area contributed by atoms with Crippen molar-refractivity contribution in [2.45, 2.75) is 10.6 Å². The molecule has 0 heterocycles. The second-order valence-corrected chi connectivity index (χ2v) is 6.11. The number of nitriles is 1. The van der Waals surface area contributed by atoms with E-state index < -0.39 is 16.6 Å². The summed E-state index contributed by atoms with van der Waals surface area (Å²) in [6, 6.07) is 13.2. The maximum absolute atomic E-state index is 13.7. The van der Waals surface area contributed by atoms with Crippen molar-refractivity contribution >= 4 is 26.7 Å². The van der Waals surface area contributed by atoms with Gasteiger partial charge in [-0.15, -0.1) is 0 Å². The molecule has 96 valence electrons. The predicted octanol–water partition coefficient (Wildman–Crippen LogP) is 3.77. The highest BCUT2D eigenvalue weighted by molar-refractivity contribution is 9.10. The van der Waals surface area contributed by atoms with Crippen LogP contribution in [0.3, 0.4) is 0 Å². The van der Waals surface area contributed by atoms with Gasteiger partial charge in [0.05, 0.1) is 33.1 Å². The molecular formula is C14H9BrFNOS. The van der Waals surface area contributed by atoms with Crippen molar-refractivity contribution in [1.29, 1.82) is 5.26 Å². The summed E-state index contributed by atoms with van der Waals surface area (Å²) in [5.41, 5.74) is 0.598. The summed E-state index contributed by atoms with van der Waals surface area (Å²) in [4.78, 5) is 0.631. The van der Waals surface area contributed by atoms with Crippen molar-refractivity contribution in [3.63, 3.8) is 0 Å². The first-order valence-corrected chi connectivity index (χ1v) is 7.54. The third-order valence-electron chi connectivity index (χ3n) is 2.55. The van der Waals surface area contributed by atoms with Crippen LogP contribution in [0.4, 0.5) is 4.39 Å². The molecule has 2 nitrogen and oxygen atoms in total. The van der Waals surface area contributed by atoms with E-state index in [0.29, 0.717) is 10.5 Å². The molecule has 0 fully saturated rings. The molecule has 0 radical (unpaired) electrons. The molecule has 1 atom stereocenters. The molecule has 0 bridgehead atoms. The molecule has 0 spiro atoms. The summed E-state index contributed by atoms with van der Waals surface area (Å²) in [6.07, 6.45) is 0. The van der Waals surface area contributed by atoms with E-state index in [1.165, 1.54) is 12.1 Å². The molecule has 0 saturated heterocycles. The average Bonchev–Trinajstić information content (AvgIpc) is 2.41. The van der Waals surface area contributed by atoms with E-state index in [1.54, 1.807) is 18.2 Å². The van der Waals surface area contributed by atoms with E-state index >= 15 is 0 Å². The zero-order valence-corrected chi connectivity index (χ0v) is 12.2. The van der Waals surface area contributed by atoms with Crippen LogP contribution in [0.15, 0.2) is 51.8 Å². The molecule has 5 heteroatoms. The van der Waals surface area contributed by atoms with E-state index in [4.69, 9.17) is 5.26 Å². The van der Waals surface area contributed by atoms with Gasteiger partial charge in [0.1, 0.15) is 5.82 Å². The summed E-state index contributed by atoms with van der Waals surface area (Å²) < 4.78 is 26.6. The first-order valence-electron chi connectivity index (χ1n) is 5.43. The van der Waals surface area contributed by atoms with Crippen molar-refractivity contribution in [3.05, 3.63) is 63.9 Å². The second-order valence-electron chi connectivity index (χ2n) is 3.84. The van der Waals surface area contributed by atoms with E-state index in [9.17, 15) is 8.60 Å². The van der Waals surface area contributed by atoms with Gasteiger partial charge in [0.15, 0.2) is 0 Å². The Bertz CT molecular complexity index is 681. The van der Waals surface area contributed by atoms with Gasteiger partial charge in [-0.3, -0.25) is 4.21 Å². The number of rotatable bonds is 3. The smallest absolute Gasteiger partial charge is 0.128 e. The molecule has 2 aromatic rings. The van der Waals surface area contributed by atoms with Gasteiger partial charge in [-0.1, -0.05) is 18.2 Å². The van der Waals surface area contributed by atoms with Crippen LogP contribution in [0.25, 0.3) is 0 Å². The fourth-order valence-corrected chi connectivity index (χ4v) is 3.60. The fourth-order valence-electron chi connectivity index (χ4n) is 1.58. The van der Waals surface area contributed by atoms with Crippen LogP contribution < -0.4 is 0 Å². The minimum atomic E-state index is -1.33.